The highest BCUT2D eigenvalue weighted by Crippen LogP contribution is 2.39. The molecule has 1 N–H and O–H groups in total. The summed E-state index contributed by atoms with van der Waals surface area (Å²) in [5, 5.41) is 3.67. The Morgan fingerprint density at radius 2 is 2.25 bits per heavy atom. The van der Waals surface area contributed by atoms with E-state index < -0.39 is 0 Å². The Balaban J connectivity index is 1.99. The number of pyridine rings is 1. The first-order valence-electron chi connectivity index (χ1n) is 7.55. The Labute approximate surface area is 130 Å². The molecule has 0 spiro atoms. The standard InChI is InChI=1S/C16H25BrN2O/c1-3-7-19-15(10-16(20-2)5-4-6-16)9-13-8-14(17)12-18-11-13/h8,11-12,15,19H,3-7,9-10H2,1-2H3. The molecule has 1 saturated carbocycles. The molecule has 0 aromatic carbocycles. The highest BCUT2D eigenvalue weighted by atomic mass is 79.9. The van der Waals surface area contributed by atoms with Crippen LogP contribution in [0.3, 0.4) is 0 Å². The molecule has 0 amide bonds. The third kappa shape index (κ3) is 4.27. The van der Waals surface area contributed by atoms with Gasteiger partial charge in [0, 0.05) is 30.0 Å². The molecule has 0 saturated heterocycles. The zero-order valence-corrected chi connectivity index (χ0v) is 14.1. The first-order valence-corrected chi connectivity index (χ1v) is 8.35. The molecule has 1 aromatic rings. The molecule has 1 aliphatic rings. The largest absolute Gasteiger partial charge is 0.378 e. The van der Waals surface area contributed by atoms with Crippen LogP contribution in [-0.4, -0.2) is 30.3 Å². The fraction of sp³-hybridized carbons (Fsp3) is 0.688. The Hall–Kier alpha value is -0.450. The van der Waals surface area contributed by atoms with Crippen LogP contribution in [0.4, 0.5) is 0 Å². The fourth-order valence-corrected chi connectivity index (χ4v) is 3.34. The van der Waals surface area contributed by atoms with Gasteiger partial charge in [-0.1, -0.05) is 6.92 Å². The molecule has 0 bridgehead atoms. The lowest BCUT2D eigenvalue weighted by molar-refractivity contribution is -0.0834. The van der Waals surface area contributed by atoms with Gasteiger partial charge in [0.25, 0.3) is 0 Å². The van der Waals surface area contributed by atoms with E-state index in [0.29, 0.717) is 6.04 Å². The van der Waals surface area contributed by atoms with E-state index in [1.54, 1.807) is 0 Å². The van der Waals surface area contributed by atoms with Gasteiger partial charge in [0.05, 0.1) is 5.60 Å². The van der Waals surface area contributed by atoms with E-state index in [2.05, 4.69) is 39.2 Å². The van der Waals surface area contributed by atoms with Crippen LogP contribution in [0.5, 0.6) is 0 Å². The number of nitrogens with one attached hydrogen (secondary N) is 1. The van der Waals surface area contributed by atoms with Gasteiger partial charge < -0.3 is 10.1 Å². The van der Waals surface area contributed by atoms with E-state index in [9.17, 15) is 0 Å². The monoisotopic (exact) mass is 340 g/mol. The normalized spacial score (nSPS) is 18.6. The molecule has 4 heteroatoms. The summed E-state index contributed by atoms with van der Waals surface area (Å²) in [7, 11) is 1.86. The van der Waals surface area contributed by atoms with Crippen molar-refractivity contribution in [2.75, 3.05) is 13.7 Å². The van der Waals surface area contributed by atoms with Crippen molar-refractivity contribution in [1.82, 2.24) is 10.3 Å². The second-order valence-corrected chi connectivity index (χ2v) is 6.73. The van der Waals surface area contributed by atoms with Crippen molar-refractivity contribution in [3.8, 4) is 0 Å². The van der Waals surface area contributed by atoms with Gasteiger partial charge >= 0.3 is 0 Å². The topological polar surface area (TPSA) is 34.2 Å². The van der Waals surface area contributed by atoms with Crippen molar-refractivity contribution < 1.29 is 4.74 Å². The second kappa shape index (κ2) is 7.53. The van der Waals surface area contributed by atoms with Crippen LogP contribution in [0.1, 0.15) is 44.6 Å². The van der Waals surface area contributed by atoms with E-state index in [4.69, 9.17) is 4.74 Å². The van der Waals surface area contributed by atoms with Gasteiger partial charge in [0.1, 0.15) is 0 Å². The number of nitrogens with zero attached hydrogens (tertiary/aromatic N) is 1. The average Bonchev–Trinajstić information content (AvgIpc) is 2.40. The highest BCUT2D eigenvalue weighted by Gasteiger charge is 2.38. The SMILES string of the molecule is CCCNC(Cc1cncc(Br)c1)CC1(OC)CCC1. The number of halogens is 1. The Morgan fingerprint density at radius 1 is 1.45 bits per heavy atom. The van der Waals surface area contributed by atoms with Crippen LogP contribution >= 0.6 is 15.9 Å². The summed E-state index contributed by atoms with van der Waals surface area (Å²) < 4.78 is 6.83. The van der Waals surface area contributed by atoms with Gasteiger partial charge in [0.2, 0.25) is 0 Å². The number of ether oxygens (including phenoxy) is 1. The average molecular weight is 341 g/mol. The fourth-order valence-electron chi connectivity index (χ4n) is 2.93. The van der Waals surface area contributed by atoms with Crippen molar-refractivity contribution in [2.45, 2.75) is 57.1 Å². The van der Waals surface area contributed by atoms with Crippen LogP contribution in [0.2, 0.25) is 0 Å². The minimum atomic E-state index is 0.116. The summed E-state index contributed by atoms with van der Waals surface area (Å²) >= 11 is 3.50. The lowest BCUT2D eigenvalue weighted by Gasteiger charge is -2.43. The van der Waals surface area contributed by atoms with E-state index >= 15 is 0 Å². The molecule has 112 valence electrons. The molecular weight excluding hydrogens is 316 g/mol. The van der Waals surface area contributed by atoms with Gasteiger partial charge in [-0.05, 0) is 72.6 Å². The van der Waals surface area contributed by atoms with E-state index in [1.807, 2.05) is 19.5 Å². The predicted molar refractivity (Wildman–Crippen MR) is 85.9 cm³/mol. The molecule has 0 radical (unpaired) electrons. The summed E-state index contributed by atoms with van der Waals surface area (Å²) in [6, 6.07) is 2.62. The smallest absolute Gasteiger partial charge is 0.0693 e. The van der Waals surface area contributed by atoms with Crippen molar-refractivity contribution in [1.29, 1.82) is 0 Å². The number of methoxy groups -OCH3 is 1. The maximum atomic E-state index is 5.78. The third-order valence-electron chi connectivity index (χ3n) is 4.24. The molecule has 1 unspecified atom stereocenters. The zero-order chi connectivity index (χ0) is 14.4. The highest BCUT2D eigenvalue weighted by molar-refractivity contribution is 9.10. The maximum Gasteiger partial charge on any atom is 0.0693 e. The molecule has 1 heterocycles. The molecule has 20 heavy (non-hydrogen) atoms. The van der Waals surface area contributed by atoms with Crippen molar-refractivity contribution in [3.63, 3.8) is 0 Å². The lowest BCUT2D eigenvalue weighted by atomic mass is 9.75. The Morgan fingerprint density at radius 3 is 2.80 bits per heavy atom. The molecule has 2 rings (SSSR count). The molecule has 1 fully saturated rings. The third-order valence-corrected chi connectivity index (χ3v) is 4.68. The van der Waals surface area contributed by atoms with Gasteiger partial charge in [-0.2, -0.15) is 0 Å². The van der Waals surface area contributed by atoms with Crippen molar-refractivity contribution in [2.24, 2.45) is 0 Å². The van der Waals surface area contributed by atoms with E-state index in [0.717, 1.165) is 30.3 Å². The first kappa shape index (κ1) is 15.9. The molecule has 1 aliphatic carbocycles. The van der Waals surface area contributed by atoms with Crippen LogP contribution in [0, 0.1) is 0 Å². The summed E-state index contributed by atoms with van der Waals surface area (Å²) in [6.07, 6.45) is 10.8. The number of hydrogen-bond donors (Lipinski definition) is 1. The van der Waals surface area contributed by atoms with Crippen LogP contribution in [0.15, 0.2) is 22.9 Å². The summed E-state index contributed by atoms with van der Waals surface area (Å²) in [5.41, 5.74) is 1.39. The lowest BCUT2D eigenvalue weighted by Crippen LogP contribution is -2.46. The predicted octanol–water partition coefficient (Wildman–Crippen LogP) is 3.71. The number of rotatable bonds is 8. The van der Waals surface area contributed by atoms with Crippen LogP contribution in [-0.2, 0) is 11.2 Å². The maximum absolute atomic E-state index is 5.78. The molecule has 3 nitrogen and oxygen atoms in total. The summed E-state index contributed by atoms with van der Waals surface area (Å²) in [4.78, 5) is 4.26. The van der Waals surface area contributed by atoms with Gasteiger partial charge in [-0.15, -0.1) is 0 Å². The Kier molecular flexibility index (Phi) is 6.00. The Bertz CT molecular complexity index is 415. The molecule has 1 atom stereocenters. The molecule has 1 aromatic heterocycles. The van der Waals surface area contributed by atoms with Crippen molar-refractivity contribution in [3.05, 3.63) is 28.5 Å². The number of hydrogen-bond acceptors (Lipinski definition) is 3. The van der Waals surface area contributed by atoms with Gasteiger partial charge in [-0.3, -0.25) is 4.98 Å². The van der Waals surface area contributed by atoms with Crippen molar-refractivity contribution >= 4 is 15.9 Å². The minimum absolute atomic E-state index is 0.116. The van der Waals surface area contributed by atoms with E-state index in [1.165, 1.54) is 24.8 Å². The first-order chi connectivity index (χ1) is 9.67. The van der Waals surface area contributed by atoms with Gasteiger partial charge in [-0.25, -0.2) is 0 Å². The van der Waals surface area contributed by atoms with Crippen LogP contribution < -0.4 is 5.32 Å². The second-order valence-electron chi connectivity index (χ2n) is 5.81. The van der Waals surface area contributed by atoms with Crippen LogP contribution in [0.25, 0.3) is 0 Å². The minimum Gasteiger partial charge on any atom is -0.378 e. The number of aromatic nitrogens is 1. The van der Waals surface area contributed by atoms with E-state index in [-0.39, 0.29) is 5.60 Å². The van der Waals surface area contributed by atoms with Gasteiger partial charge in [0.15, 0.2) is 0 Å². The quantitative estimate of drug-likeness (QED) is 0.783. The zero-order valence-electron chi connectivity index (χ0n) is 12.5. The molecular formula is C16H25BrN2O. The summed E-state index contributed by atoms with van der Waals surface area (Å²) in [6.45, 7) is 3.27. The molecule has 0 aliphatic heterocycles. The summed E-state index contributed by atoms with van der Waals surface area (Å²) in [5.74, 6) is 0.